The Bertz CT molecular complexity index is 950. The number of pyridine rings is 1. The van der Waals surface area contributed by atoms with Crippen molar-refractivity contribution in [1.29, 1.82) is 0 Å². The van der Waals surface area contributed by atoms with Crippen LogP contribution in [0.4, 0.5) is 0 Å². The Balaban J connectivity index is 1.86. The van der Waals surface area contributed by atoms with Crippen molar-refractivity contribution in [3.63, 3.8) is 0 Å². The summed E-state index contributed by atoms with van der Waals surface area (Å²) in [7, 11) is 0. The molecule has 0 aliphatic rings. The van der Waals surface area contributed by atoms with E-state index in [0.717, 1.165) is 0 Å². The number of benzene rings is 2. The van der Waals surface area contributed by atoms with E-state index in [1.165, 1.54) is 6.07 Å². The van der Waals surface area contributed by atoms with Crippen LogP contribution < -0.4 is 5.56 Å². The number of para-hydroxylation sites is 1. The van der Waals surface area contributed by atoms with E-state index in [-0.39, 0.29) is 17.7 Å². The van der Waals surface area contributed by atoms with Crippen molar-refractivity contribution >= 4 is 40.1 Å². The van der Waals surface area contributed by atoms with Crippen LogP contribution >= 0.6 is 23.2 Å². The molecule has 4 nitrogen and oxygen atoms in total. The van der Waals surface area contributed by atoms with Gasteiger partial charge in [0, 0.05) is 17.0 Å². The average molecular weight is 348 g/mol. The molecule has 1 aromatic heterocycles. The molecule has 1 N–H and O–H groups in total. The number of carbonyl (C=O) groups is 1. The zero-order valence-electron chi connectivity index (χ0n) is 11.8. The summed E-state index contributed by atoms with van der Waals surface area (Å²) in [6.45, 7) is 0.0385. The first-order valence-corrected chi connectivity index (χ1v) is 7.53. The number of halogens is 2. The summed E-state index contributed by atoms with van der Waals surface area (Å²) >= 11 is 11.8. The minimum atomic E-state index is -0.571. The first-order valence-electron chi connectivity index (χ1n) is 6.78. The van der Waals surface area contributed by atoms with Gasteiger partial charge in [-0.05, 0) is 23.8 Å². The number of aromatic nitrogens is 1. The quantitative estimate of drug-likeness (QED) is 0.722. The van der Waals surface area contributed by atoms with Crippen molar-refractivity contribution in [1.82, 2.24) is 4.98 Å². The van der Waals surface area contributed by atoms with Crippen LogP contribution in [0, 0.1) is 0 Å². The summed E-state index contributed by atoms with van der Waals surface area (Å²) in [4.78, 5) is 26.6. The van der Waals surface area contributed by atoms with E-state index in [4.69, 9.17) is 27.9 Å². The molecule has 6 heteroatoms. The van der Waals surface area contributed by atoms with Crippen LogP contribution in [0.2, 0.25) is 10.0 Å². The summed E-state index contributed by atoms with van der Waals surface area (Å²) < 4.78 is 5.28. The van der Waals surface area contributed by atoms with Gasteiger partial charge in [-0.15, -0.1) is 0 Å². The Kier molecular flexibility index (Phi) is 4.37. The standard InChI is InChI=1S/C17H11Cl2NO3/c18-13-6-5-10(7-14(13)19)9-23-17(22)12-8-16(21)20-15-4-2-1-3-11(12)15/h1-8H,9H2,(H,20,21). The fourth-order valence-corrected chi connectivity index (χ4v) is 2.55. The van der Waals surface area contributed by atoms with Crippen LogP contribution in [-0.2, 0) is 11.3 Å². The number of carbonyl (C=O) groups excluding carboxylic acids is 1. The van der Waals surface area contributed by atoms with E-state index in [1.807, 2.05) is 0 Å². The molecule has 0 amide bonds. The fraction of sp³-hybridized carbons (Fsp3) is 0.0588. The molecule has 0 bridgehead atoms. The van der Waals surface area contributed by atoms with Gasteiger partial charge in [-0.25, -0.2) is 4.79 Å². The molecule has 116 valence electrons. The Morgan fingerprint density at radius 3 is 2.61 bits per heavy atom. The molecule has 0 saturated heterocycles. The van der Waals surface area contributed by atoms with Gasteiger partial charge >= 0.3 is 5.97 Å². The van der Waals surface area contributed by atoms with E-state index in [2.05, 4.69) is 4.98 Å². The highest BCUT2D eigenvalue weighted by atomic mass is 35.5. The lowest BCUT2D eigenvalue weighted by Gasteiger charge is -2.08. The van der Waals surface area contributed by atoms with Crippen LogP contribution in [0.1, 0.15) is 15.9 Å². The van der Waals surface area contributed by atoms with Crippen molar-refractivity contribution in [3.05, 3.63) is 80.1 Å². The highest BCUT2D eigenvalue weighted by molar-refractivity contribution is 6.42. The lowest BCUT2D eigenvalue weighted by Crippen LogP contribution is -2.12. The minimum Gasteiger partial charge on any atom is -0.457 e. The third-order valence-electron chi connectivity index (χ3n) is 3.32. The maximum atomic E-state index is 12.3. The molecule has 0 fully saturated rings. The van der Waals surface area contributed by atoms with E-state index in [0.29, 0.717) is 26.5 Å². The monoisotopic (exact) mass is 347 g/mol. The van der Waals surface area contributed by atoms with Gasteiger partial charge in [0.05, 0.1) is 15.6 Å². The van der Waals surface area contributed by atoms with E-state index in [9.17, 15) is 9.59 Å². The third-order valence-corrected chi connectivity index (χ3v) is 4.06. The van der Waals surface area contributed by atoms with Crippen LogP contribution in [0.5, 0.6) is 0 Å². The second-order valence-electron chi connectivity index (χ2n) is 4.92. The van der Waals surface area contributed by atoms with Gasteiger partial charge in [0.1, 0.15) is 6.61 Å². The summed E-state index contributed by atoms with van der Waals surface area (Å²) in [5, 5.41) is 1.45. The van der Waals surface area contributed by atoms with E-state index in [1.54, 1.807) is 42.5 Å². The SMILES string of the molecule is O=C(OCc1ccc(Cl)c(Cl)c1)c1cc(=O)[nH]c2ccccc12. The molecule has 23 heavy (non-hydrogen) atoms. The van der Waals surface area contributed by atoms with Crippen molar-refractivity contribution in [2.75, 3.05) is 0 Å². The summed E-state index contributed by atoms with van der Waals surface area (Å²) in [5.41, 5.74) is 1.16. The number of fused-ring (bicyclic) bond motifs is 1. The molecule has 0 unspecified atom stereocenters. The first-order chi connectivity index (χ1) is 11.0. The van der Waals surface area contributed by atoms with Crippen molar-refractivity contribution in [2.45, 2.75) is 6.61 Å². The van der Waals surface area contributed by atoms with Crippen LogP contribution in [0.3, 0.4) is 0 Å². The zero-order chi connectivity index (χ0) is 16.4. The number of nitrogens with one attached hydrogen (secondary N) is 1. The molecule has 0 spiro atoms. The van der Waals surface area contributed by atoms with Crippen LogP contribution in [0.25, 0.3) is 10.9 Å². The summed E-state index contributed by atoms with van der Waals surface area (Å²) in [5.74, 6) is -0.571. The van der Waals surface area contributed by atoms with Crippen molar-refractivity contribution in [2.24, 2.45) is 0 Å². The maximum Gasteiger partial charge on any atom is 0.339 e. The Hall–Kier alpha value is -2.30. The maximum absolute atomic E-state index is 12.3. The molecule has 3 aromatic rings. The van der Waals surface area contributed by atoms with Gasteiger partial charge in [-0.2, -0.15) is 0 Å². The predicted octanol–water partition coefficient (Wildman–Crippen LogP) is 4.19. The predicted molar refractivity (Wildman–Crippen MR) is 90.2 cm³/mol. The second-order valence-corrected chi connectivity index (χ2v) is 5.73. The number of H-pyrrole nitrogens is 1. The lowest BCUT2D eigenvalue weighted by molar-refractivity contribution is 0.0475. The Labute approximate surface area is 141 Å². The van der Waals surface area contributed by atoms with Gasteiger partial charge in [0.25, 0.3) is 0 Å². The average Bonchev–Trinajstić information content (AvgIpc) is 2.54. The van der Waals surface area contributed by atoms with Gasteiger partial charge in [0.15, 0.2) is 0 Å². The molecule has 0 saturated carbocycles. The highest BCUT2D eigenvalue weighted by Crippen LogP contribution is 2.23. The second kappa shape index (κ2) is 6.44. The lowest BCUT2D eigenvalue weighted by atomic mass is 10.1. The van der Waals surface area contributed by atoms with Gasteiger partial charge in [-0.3, -0.25) is 4.79 Å². The Morgan fingerprint density at radius 1 is 1.04 bits per heavy atom. The molecular weight excluding hydrogens is 337 g/mol. The van der Waals surface area contributed by atoms with Crippen molar-refractivity contribution in [3.8, 4) is 0 Å². The molecule has 0 atom stereocenters. The van der Waals surface area contributed by atoms with Gasteiger partial charge < -0.3 is 9.72 Å². The molecule has 0 aliphatic carbocycles. The van der Waals surface area contributed by atoms with Crippen LogP contribution in [0.15, 0.2) is 53.3 Å². The van der Waals surface area contributed by atoms with E-state index < -0.39 is 5.97 Å². The molecule has 0 radical (unpaired) electrons. The van der Waals surface area contributed by atoms with E-state index >= 15 is 0 Å². The van der Waals surface area contributed by atoms with Crippen LogP contribution in [-0.4, -0.2) is 11.0 Å². The van der Waals surface area contributed by atoms with Gasteiger partial charge in [0.2, 0.25) is 5.56 Å². The fourth-order valence-electron chi connectivity index (χ4n) is 2.23. The normalized spacial score (nSPS) is 10.7. The molecule has 2 aromatic carbocycles. The third kappa shape index (κ3) is 3.38. The molecular formula is C17H11Cl2NO3. The summed E-state index contributed by atoms with van der Waals surface area (Å²) in [6, 6.07) is 13.3. The number of hydrogen-bond acceptors (Lipinski definition) is 3. The largest absolute Gasteiger partial charge is 0.457 e. The first kappa shape index (κ1) is 15.6. The number of esters is 1. The summed E-state index contributed by atoms with van der Waals surface area (Å²) in [6.07, 6.45) is 0. The number of hydrogen-bond donors (Lipinski definition) is 1. The number of aromatic amines is 1. The highest BCUT2D eigenvalue weighted by Gasteiger charge is 2.13. The minimum absolute atomic E-state index is 0.0385. The molecule has 1 heterocycles. The number of rotatable bonds is 3. The zero-order valence-corrected chi connectivity index (χ0v) is 13.3. The Morgan fingerprint density at radius 2 is 1.83 bits per heavy atom. The number of ether oxygens (including phenoxy) is 1. The topological polar surface area (TPSA) is 59.2 Å². The molecule has 0 aliphatic heterocycles. The van der Waals surface area contributed by atoms with Gasteiger partial charge in [-0.1, -0.05) is 47.5 Å². The van der Waals surface area contributed by atoms with Crippen molar-refractivity contribution < 1.29 is 9.53 Å². The smallest absolute Gasteiger partial charge is 0.339 e. The molecule has 3 rings (SSSR count).